The third kappa shape index (κ3) is 4.58. The second kappa shape index (κ2) is 9.30. The fourth-order valence-corrected chi connectivity index (χ4v) is 4.74. The van der Waals surface area contributed by atoms with Gasteiger partial charge in [-0.15, -0.1) is 22.7 Å². The lowest BCUT2D eigenvalue weighted by Gasteiger charge is -1.99. The van der Waals surface area contributed by atoms with Crippen LogP contribution in [0.4, 0.5) is 5.13 Å². The zero-order valence-electron chi connectivity index (χ0n) is 17.6. The fourth-order valence-electron chi connectivity index (χ4n) is 3.29. The van der Waals surface area contributed by atoms with E-state index in [-0.39, 0.29) is 5.91 Å². The first-order valence-corrected chi connectivity index (χ1v) is 11.9. The summed E-state index contributed by atoms with van der Waals surface area (Å²) in [4.78, 5) is 32.1. The van der Waals surface area contributed by atoms with Crippen LogP contribution in [0.3, 0.4) is 0 Å². The van der Waals surface area contributed by atoms with Gasteiger partial charge in [0.25, 0.3) is 5.91 Å². The molecule has 5 aromatic rings. The predicted molar refractivity (Wildman–Crippen MR) is 135 cm³/mol. The van der Waals surface area contributed by atoms with Gasteiger partial charge in [-0.2, -0.15) is 5.10 Å². The summed E-state index contributed by atoms with van der Waals surface area (Å²) < 4.78 is 1.80. The predicted octanol–water partition coefficient (Wildman–Crippen LogP) is 4.80. The highest BCUT2D eigenvalue weighted by Gasteiger charge is 2.13. The monoisotopic (exact) mass is 486 g/mol. The molecule has 0 aliphatic carbocycles. The van der Waals surface area contributed by atoms with Crippen LogP contribution in [0, 0.1) is 0 Å². The van der Waals surface area contributed by atoms with Crippen molar-refractivity contribution in [1.82, 2.24) is 19.7 Å². The van der Waals surface area contributed by atoms with Crippen LogP contribution in [0.2, 0.25) is 0 Å². The van der Waals surface area contributed by atoms with E-state index in [0.717, 1.165) is 27.4 Å². The molecule has 0 unspecified atom stereocenters. The summed E-state index contributed by atoms with van der Waals surface area (Å²) in [6.45, 7) is 0. The molecule has 1 aromatic carbocycles. The zero-order valence-corrected chi connectivity index (χ0v) is 19.3. The smallest absolute Gasteiger partial charge is 0.265 e. The maximum Gasteiger partial charge on any atom is 0.265 e. The van der Waals surface area contributed by atoms with Gasteiger partial charge in [-0.3, -0.25) is 14.9 Å². The average Bonchev–Trinajstić information content (AvgIpc) is 3.64. The van der Waals surface area contributed by atoms with Crippen molar-refractivity contribution in [3.63, 3.8) is 0 Å². The summed E-state index contributed by atoms with van der Waals surface area (Å²) in [5.41, 5.74) is 9.49. The van der Waals surface area contributed by atoms with E-state index < -0.39 is 5.91 Å². The van der Waals surface area contributed by atoms with Gasteiger partial charge in [-0.05, 0) is 35.7 Å². The molecule has 4 aromatic heterocycles. The summed E-state index contributed by atoms with van der Waals surface area (Å²) >= 11 is 2.88. The molecule has 34 heavy (non-hydrogen) atoms. The highest BCUT2D eigenvalue weighted by atomic mass is 32.1. The van der Waals surface area contributed by atoms with Crippen LogP contribution in [0.1, 0.15) is 16.1 Å². The van der Waals surface area contributed by atoms with E-state index in [4.69, 9.17) is 10.8 Å². The summed E-state index contributed by atoms with van der Waals surface area (Å²) in [6, 6.07) is 15.4. The van der Waals surface area contributed by atoms with Crippen LogP contribution >= 0.6 is 22.7 Å². The van der Waals surface area contributed by atoms with Gasteiger partial charge in [0.2, 0.25) is 5.91 Å². The molecular formula is C24H18N6O2S2. The van der Waals surface area contributed by atoms with E-state index in [1.54, 1.807) is 39.7 Å². The van der Waals surface area contributed by atoms with E-state index in [9.17, 15) is 9.59 Å². The Morgan fingerprint density at radius 3 is 2.71 bits per heavy atom. The first-order valence-electron chi connectivity index (χ1n) is 10.2. The van der Waals surface area contributed by atoms with Crippen LogP contribution in [0.5, 0.6) is 0 Å². The Morgan fingerprint density at radius 1 is 1.12 bits per heavy atom. The number of nitrogens with one attached hydrogen (secondary N) is 2. The summed E-state index contributed by atoms with van der Waals surface area (Å²) in [6.07, 6.45) is 6.76. The Kier molecular flexibility index (Phi) is 5.90. The van der Waals surface area contributed by atoms with Gasteiger partial charge in [0.05, 0.1) is 16.3 Å². The van der Waals surface area contributed by atoms with Crippen LogP contribution in [0.15, 0.2) is 77.8 Å². The molecule has 2 amide bonds. The minimum atomic E-state index is -0.544. The van der Waals surface area contributed by atoms with E-state index in [1.165, 1.54) is 17.4 Å². The molecule has 0 saturated heterocycles. The standard InChI is InChI=1S/C24H18N6O2S2/c25-23(32)18-11-16(12-26-18)19-14-34-24(27-19)28-21(31)9-8-15-13-30(17-5-2-1-3-6-17)29-22(15)20-7-4-10-33-20/h1-14,26H,(H2,25,32)(H,27,28,31)/b9-8+. The van der Waals surface area contributed by atoms with Crippen molar-refractivity contribution in [2.45, 2.75) is 0 Å². The number of nitrogens with two attached hydrogens (primary N) is 1. The number of hydrogen-bond donors (Lipinski definition) is 3. The quantitative estimate of drug-likeness (QED) is 0.286. The van der Waals surface area contributed by atoms with Gasteiger partial charge < -0.3 is 10.7 Å². The minimum Gasteiger partial charge on any atom is -0.364 e. The number of aromatic nitrogens is 4. The van der Waals surface area contributed by atoms with Crippen LogP contribution < -0.4 is 11.1 Å². The molecular weight excluding hydrogens is 468 g/mol. The number of rotatable bonds is 7. The first kappa shape index (κ1) is 21.6. The summed E-state index contributed by atoms with van der Waals surface area (Å²) in [5.74, 6) is -0.852. The van der Waals surface area contributed by atoms with Crippen molar-refractivity contribution in [3.05, 3.63) is 89.0 Å². The van der Waals surface area contributed by atoms with Crippen molar-refractivity contribution in [3.8, 4) is 27.5 Å². The SMILES string of the molecule is NC(=O)c1cc(-c2csc(NC(=O)/C=C/c3cn(-c4ccccc4)nc3-c3cccs3)n2)c[nH]1. The molecule has 0 saturated carbocycles. The second-order valence-corrected chi connectivity index (χ2v) is 9.02. The van der Waals surface area contributed by atoms with Gasteiger partial charge >= 0.3 is 0 Å². The van der Waals surface area contributed by atoms with Crippen molar-refractivity contribution in [2.75, 3.05) is 5.32 Å². The number of carbonyl (C=O) groups is 2. The van der Waals surface area contributed by atoms with Gasteiger partial charge in [-0.1, -0.05) is 24.3 Å². The van der Waals surface area contributed by atoms with E-state index in [0.29, 0.717) is 16.5 Å². The first-order chi connectivity index (χ1) is 16.6. The molecule has 0 radical (unpaired) electrons. The lowest BCUT2D eigenvalue weighted by molar-refractivity contribution is -0.111. The number of amides is 2. The van der Waals surface area contributed by atoms with Crippen molar-refractivity contribution in [2.24, 2.45) is 5.73 Å². The van der Waals surface area contributed by atoms with E-state index in [2.05, 4.69) is 15.3 Å². The highest BCUT2D eigenvalue weighted by Crippen LogP contribution is 2.29. The Balaban J connectivity index is 1.34. The number of primary amides is 1. The lowest BCUT2D eigenvalue weighted by atomic mass is 10.2. The number of H-pyrrole nitrogens is 1. The number of hydrogen-bond acceptors (Lipinski definition) is 6. The summed E-state index contributed by atoms with van der Waals surface area (Å²) in [5, 5.41) is 11.8. The van der Waals surface area contributed by atoms with Gasteiger partial charge in [-0.25, -0.2) is 9.67 Å². The molecule has 5 rings (SSSR count). The van der Waals surface area contributed by atoms with Gasteiger partial charge in [0.1, 0.15) is 11.4 Å². The summed E-state index contributed by atoms with van der Waals surface area (Å²) in [7, 11) is 0. The molecule has 4 heterocycles. The van der Waals surface area contributed by atoms with Crippen molar-refractivity contribution in [1.29, 1.82) is 0 Å². The maximum absolute atomic E-state index is 12.6. The number of carbonyl (C=O) groups excluding carboxylic acids is 2. The molecule has 0 fully saturated rings. The number of benzene rings is 1. The number of anilines is 1. The lowest BCUT2D eigenvalue weighted by Crippen LogP contribution is -2.10. The molecule has 0 spiro atoms. The normalized spacial score (nSPS) is 11.2. The second-order valence-electron chi connectivity index (χ2n) is 7.22. The van der Waals surface area contributed by atoms with E-state index in [1.807, 2.05) is 54.0 Å². The molecule has 0 bridgehead atoms. The molecule has 168 valence electrons. The number of thiophene rings is 1. The third-order valence-electron chi connectivity index (χ3n) is 4.91. The Morgan fingerprint density at radius 2 is 1.97 bits per heavy atom. The number of nitrogens with zero attached hydrogens (tertiary/aromatic N) is 3. The van der Waals surface area contributed by atoms with Gasteiger partial charge in [0.15, 0.2) is 5.13 Å². The Bertz CT molecular complexity index is 1480. The highest BCUT2D eigenvalue weighted by molar-refractivity contribution is 7.14. The topological polar surface area (TPSA) is 119 Å². The number of thiazole rings is 1. The molecule has 0 aliphatic rings. The van der Waals surface area contributed by atoms with Crippen LogP contribution in [-0.4, -0.2) is 31.6 Å². The van der Waals surface area contributed by atoms with Crippen LogP contribution in [-0.2, 0) is 4.79 Å². The molecule has 8 nitrogen and oxygen atoms in total. The molecule has 0 aliphatic heterocycles. The molecule has 10 heteroatoms. The Labute approximate surface area is 202 Å². The van der Waals surface area contributed by atoms with Crippen LogP contribution in [0.25, 0.3) is 33.6 Å². The molecule has 0 atom stereocenters. The zero-order chi connectivity index (χ0) is 23.5. The van der Waals surface area contributed by atoms with Crippen molar-refractivity contribution < 1.29 is 9.59 Å². The van der Waals surface area contributed by atoms with Crippen molar-refractivity contribution >= 4 is 45.7 Å². The van der Waals surface area contributed by atoms with Gasteiger partial charge in [0, 0.05) is 35.0 Å². The number of aromatic amines is 1. The minimum absolute atomic E-state index is 0.300. The third-order valence-corrected chi connectivity index (χ3v) is 6.54. The average molecular weight is 487 g/mol. The maximum atomic E-state index is 12.6. The molecule has 4 N–H and O–H groups in total. The Hall–Kier alpha value is -4.28. The van der Waals surface area contributed by atoms with E-state index >= 15 is 0 Å². The largest absolute Gasteiger partial charge is 0.364 e. The fraction of sp³-hybridized carbons (Fsp3) is 0. The number of para-hydroxylation sites is 1.